The van der Waals surface area contributed by atoms with Gasteiger partial charge in [0.05, 0.1) is 25.1 Å². The summed E-state index contributed by atoms with van der Waals surface area (Å²) in [6, 6.07) is 15.3. The molecule has 2 heterocycles. The van der Waals surface area contributed by atoms with Crippen molar-refractivity contribution in [1.29, 1.82) is 0 Å². The molecule has 212 valence electrons. The molecule has 0 amide bonds. The number of aliphatic hydroxyl groups is 1. The van der Waals surface area contributed by atoms with Crippen molar-refractivity contribution in [3.05, 3.63) is 98.8 Å². The van der Waals surface area contributed by atoms with E-state index in [2.05, 4.69) is 10.3 Å². The number of benzene rings is 2. The van der Waals surface area contributed by atoms with Crippen LogP contribution in [0.15, 0.2) is 72.1 Å². The molecule has 2 fully saturated rings. The molecule has 0 spiro atoms. The number of ether oxygens (including phenoxy) is 2. The van der Waals surface area contributed by atoms with Crippen molar-refractivity contribution in [2.45, 2.75) is 63.1 Å². The summed E-state index contributed by atoms with van der Waals surface area (Å²) < 4.78 is 40.5. The zero-order chi connectivity index (χ0) is 28.3. The zero-order valence-corrected chi connectivity index (χ0v) is 23.7. The number of halogens is 4. The topological polar surface area (TPSA) is 63.6 Å². The Hall–Kier alpha value is -2.71. The Labute approximate surface area is 243 Å². The molecule has 40 heavy (non-hydrogen) atoms. The first-order valence-electron chi connectivity index (χ1n) is 13.5. The van der Waals surface area contributed by atoms with Crippen molar-refractivity contribution >= 4 is 28.9 Å². The van der Waals surface area contributed by atoms with Gasteiger partial charge in [-0.25, -0.2) is 4.98 Å². The normalized spacial score (nSPS) is 17.6. The van der Waals surface area contributed by atoms with Crippen molar-refractivity contribution in [1.82, 2.24) is 4.98 Å². The summed E-state index contributed by atoms with van der Waals surface area (Å²) in [7, 11) is 0. The number of hydrogen-bond acceptors (Lipinski definition) is 5. The molecule has 0 bridgehead atoms. The molecule has 3 aromatic rings. The first kappa shape index (κ1) is 28.8. The highest BCUT2D eigenvalue weighted by Gasteiger charge is 2.39. The third-order valence-corrected chi connectivity index (χ3v) is 8.23. The van der Waals surface area contributed by atoms with Gasteiger partial charge in [-0.2, -0.15) is 8.78 Å². The molecule has 1 atom stereocenters. The molecule has 1 aromatic heterocycles. The number of aliphatic hydroxyl groups excluding tert-OH is 1. The van der Waals surface area contributed by atoms with Crippen LogP contribution in [0.2, 0.25) is 10.0 Å². The average molecular weight is 590 g/mol. The number of allylic oxidation sites excluding steroid dienone is 2. The minimum Gasteiger partial charge on any atom is -0.466 e. The van der Waals surface area contributed by atoms with Crippen LogP contribution in [0.1, 0.15) is 55.7 Å². The van der Waals surface area contributed by atoms with E-state index in [-0.39, 0.29) is 5.56 Å². The second-order valence-electron chi connectivity index (χ2n) is 10.5. The number of rotatable bonds is 9. The molecule has 1 saturated heterocycles. The number of aromatic nitrogens is 1. The first-order chi connectivity index (χ1) is 19.2. The largest absolute Gasteiger partial charge is 0.466 e. The Morgan fingerprint density at radius 2 is 1.82 bits per heavy atom. The Morgan fingerprint density at radius 3 is 2.40 bits per heavy atom. The fourth-order valence-corrected chi connectivity index (χ4v) is 5.66. The monoisotopic (exact) mass is 588 g/mol. The lowest BCUT2D eigenvalue weighted by atomic mass is 9.86. The maximum Gasteiger partial charge on any atom is 0.298 e. The SMILES string of the molecule is CC(O)C(F)(F)c1ccc(CC(Nc2ccc(OC3(c4ccc(Cl)cc4Cl)CCOCC3)nc2)=C2CCC2)cc1. The standard InChI is InChI=1S/C31H32Cl2F2N2O3/c1-20(38)31(34,35)23-7-5-21(6-8-23)17-28(22-3-2-4-22)37-25-10-12-29(36-19-25)40-30(13-15-39-16-14-30)26-11-9-24(32)18-27(26)33/h5-12,18-20,37-38H,2-4,13-17H2,1H3. The van der Waals surface area contributed by atoms with Crippen molar-refractivity contribution in [3.8, 4) is 5.88 Å². The van der Waals surface area contributed by atoms with Crippen LogP contribution in [0.3, 0.4) is 0 Å². The molecule has 1 saturated carbocycles. The van der Waals surface area contributed by atoms with E-state index in [1.807, 2.05) is 24.3 Å². The minimum atomic E-state index is -3.29. The Bertz CT molecular complexity index is 1350. The number of nitrogens with one attached hydrogen (secondary N) is 1. The van der Waals surface area contributed by atoms with Crippen LogP contribution in [0.4, 0.5) is 14.5 Å². The number of nitrogens with zero attached hydrogens (tertiary/aromatic N) is 1. The van der Waals surface area contributed by atoms with E-state index < -0.39 is 17.6 Å². The highest BCUT2D eigenvalue weighted by atomic mass is 35.5. The summed E-state index contributed by atoms with van der Waals surface area (Å²) in [5, 5.41) is 14.0. The molecule has 2 aromatic carbocycles. The molecule has 1 aliphatic heterocycles. The van der Waals surface area contributed by atoms with Gasteiger partial charge in [-0.3, -0.25) is 0 Å². The predicted molar refractivity (Wildman–Crippen MR) is 153 cm³/mol. The fraction of sp³-hybridized carbons (Fsp3) is 0.387. The Kier molecular flexibility index (Phi) is 8.66. The van der Waals surface area contributed by atoms with Gasteiger partial charge in [-0.1, -0.05) is 59.1 Å². The summed E-state index contributed by atoms with van der Waals surface area (Å²) in [5.41, 5.74) is 4.07. The summed E-state index contributed by atoms with van der Waals surface area (Å²) in [6.07, 6.45) is 4.95. The maximum absolute atomic E-state index is 14.2. The summed E-state index contributed by atoms with van der Waals surface area (Å²) in [6.45, 7) is 2.19. The number of anilines is 1. The molecule has 9 heteroatoms. The lowest BCUT2D eigenvalue weighted by Gasteiger charge is -2.38. The van der Waals surface area contributed by atoms with E-state index in [4.69, 9.17) is 32.7 Å². The van der Waals surface area contributed by atoms with Gasteiger partial charge in [0, 0.05) is 52.2 Å². The summed E-state index contributed by atoms with van der Waals surface area (Å²) >= 11 is 12.7. The van der Waals surface area contributed by atoms with Crippen LogP contribution >= 0.6 is 23.2 Å². The van der Waals surface area contributed by atoms with Gasteiger partial charge < -0.3 is 19.9 Å². The van der Waals surface area contributed by atoms with Crippen molar-refractivity contribution in [2.24, 2.45) is 0 Å². The summed E-state index contributed by atoms with van der Waals surface area (Å²) in [5.74, 6) is -2.81. The third kappa shape index (κ3) is 6.28. The van der Waals surface area contributed by atoms with Gasteiger partial charge in [-0.15, -0.1) is 0 Å². The highest BCUT2D eigenvalue weighted by molar-refractivity contribution is 6.35. The van der Waals surface area contributed by atoms with E-state index in [9.17, 15) is 13.9 Å². The molecule has 0 radical (unpaired) electrons. The smallest absolute Gasteiger partial charge is 0.298 e. The van der Waals surface area contributed by atoms with E-state index in [0.717, 1.165) is 48.7 Å². The summed E-state index contributed by atoms with van der Waals surface area (Å²) in [4.78, 5) is 4.58. The van der Waals surface area contributed by atoms with Gasteiger partial charge in [-0.05, 0) is 49.9 Å². The van der Waals surface area contributed by atoms with Gasteiger partial charge in [0.25, 0.3) is 5.92 Å². The predicted octanol–water partition coefficient (Wildman–Crippen LogP) is 8.04. The van der Waals surface area contributed by atoms with Gasteiger partial charge in [0.1, 0.15) is 11.7 Å². The number of pyridine rings is 1. The van der Waals surface area contributed by atoms with Crippen molar-refractivity contribution in [3.63, 3.8) is 0 Å². The van der Waals surface area contributed by atoms with Crippen LogP contribution in [0, 0.1) is 0 Å². The van der Waals surface area contributed by atoms with E-state index >= 15 is 0 Å². The molecule has 5 nitrogen and oxygen atoms in total. The Morgan fingerprint density at radius 1 is 1.10 bits per heavy atom. The molecule has 1 aliphatic carbocycles. The van der Waals surface area contributed by atoms with Crippen molar-refractivity contribution < 1.29 is 23.4 Å². The fourth-order valence-electron chi connectivity index (χ4n) is 5.08. The second-order valence-corrected chi connectivity index (χ2v) is 11.3. The Balaban J connectivity index is 1.31. The molecular formula is C31H32Cl2F2N2O3. The van der Waals surface area contributed by atoms with Crippen LogP contribution < -0.4 is 10.1 Å². The number of hydrogen-bond donors (Lipinski definition) is 2. The second kappa shape index (κ2) is 12.0. The van der Waals surface area contributed by atoms with Crippen molar-refractivity contribution in [2.75, 3.05) is 18.5 Å². The molecule has 2 N–H and O–H groups in total. The van der Waals surface area contributed by atoms with E-state index in [1.54, 1.807) is 24.4 Å². The zero-order valence-electron chi connectivity index (χ0n) is 22.2. The quantitative estimate of drug-likeness (QED) is 0.265. The average Bonchev–Trinajstić information content (AvgIpc) is 2.89. The molecular weight excluding hydrogens is 557 g/mol. The maximum atomic E-state index is 14.2. The van der Waals surface area contributed by atoms with Gasteiger partial charge in [0.2, 0.25) is 5.88 Å². The first-order valence-corrected chi connectivity index (χ1v) is 14.2. The van der Waals surface area contributed by atoms with Gasteiger partial charge >= 0.3 is 0 Å². The van der Waals surface area contributed by atoms with Crippen LogP contribution in [-0.2, 0) is 22.7 Å². The molecule has 5 rings (SSSR count). The van der Waals surface area contributed by atoms with E-state index in [1.165, 1.54) is 17.7 Å². The van der Waals surface area contributed by atoms with Crippen LogP contribution in [0.25, 0.3) is 0 Å². The van der Waals surface area contributed by atoms with Crippen LogP contribution in [0.5, 0.6) is 5.88 Å². The van der Waals surface area contributed by atoms with Gasteiger partial charge in [0.15, 0.2) is 0 Å². The molecule has 1 unspecified atom stereocenters. The highest BCUT2D eigenvalue weighted by Crippen LogP contribution is 2.41. The third-order valence-electron chi connectivity index (χ3n) is 7.68. The lowest BCUT2D eigenvalue weighted by molar-refractivity contribution is -0.106. The minimum absolute atomic E-state index is 0.195. The lowest BCUT2D eigenvalue weighted by Crippen LogP contribution is -2.39. The van der Waals surface area contributed by atoms with Crippen LogP contribution in [-0.4, -0.2) is 29.4 Å². The molecule has 2 aliphatic rings. The van der Waals surface area contributed by atoms with E-state index in [0.29, 0.717) is 48.4 Å². The number of alkyl halides is 2.